The average molecular weight is 326 g/mol. The van der Waals surface area contributed by atoms with Crippen molar-refractivity contribution < 1.29 is 9.53 Å². The van der Waals surface area contributed by atoms with Crippen LogP contribution in [0.15, 0.2) is 42.5 Å². The van der Waals surface area contributed by atoms with Crippen molar-refractivity contribution >= 4 is 17.3 Å². The lowest BCUT2D eigenvalue weighted by atomic mass is 10.0. The van der Waals surface area contributed by atoms with Crippen molar-refractivity contribution in [2.75, 3.05) is 24.3 Å². The zero-order valence-electron chi connectivity index (χ0n) is 14.7. The Hall–Kier alpha value is -2.49. The van der Waals surface area contributed by atoms with Crippen LogP contribution in [-0.2, 0) is 17.6 Å². The van der Waals surface area contributed by atoms with Crippen molar-refractivity contribution in [2.24, 2.45) is 0 Å². The first-order valence-electron chi connectivity index (χ1n) is 8.47. The summed E-state index contributed by atoms with van der Waals surface area (Å²) in [5.41, 5.74) is 4.46. The molecule has 4 heteroatoms. The van der Waals surface area contributed by atoms with Gasteiger partial charge in [0.1, 0.15) is 5.75 Å². The third-order valence-corrected chi connectivity index (χ3v) is 4.03. The van der Waals surface area contributed by atoms with Gasteiger partial charge in [0.2, 0.25) is 5.91 Å². The minimum absolute atomic E-state index is 0.0287. The molecule has 0 aliphatic heterocycles. The fraction of sp³-hybridized carbons (Fsp3) is 0.350. The molecule has 0 saturated heterocycles. The van der Waals surface area contributed by atoms with Gasteiger partial charge in [0, 0.05) is 18.7 Å². The average Bonchev–Trinajstić information content (AvgIpc) is 2.62. The first kappa shape index (κ1) is 17.9. The summed E-state index contributed by atoms with van der Waals surface area (Å²) in [6.07, 6.45) is 2.35. The molecule has 24 heavy (non-hydrogen) atoms. The molecule has 0 aliphatic carbocycles. The van der Waals surface area contributed by atoms with Crippen LogP contribution >= 0.6 is 0 Å². The lowest BCUT2D eigenvalue weighted by Gasteiger charge is -2.15. The van der Waals surface area contributed by atoms with E-state index in [9.17, 15) is 4.79 Å². The van der Waals surface area contributed by atoms with E-state index in [0.29, 0.717) is 24.4 Å². The van der Waals surface area contributed by atoms with Crippen LogP contribution in [0.2, 0.25) is 0 Å². The van der Waals surface area contributed by atoms with Gasteiger partial charge in [-0.3, -0.25) is 4.79 Å². The number of rotatable bonds is 8. The Kier molecular flexibility index (Phi) is 6.67. The topological polar surface area (TPSA) is 50.4 Å². The van der Waals surface area contributed by atoms with Gasteiger partial charge in [-0.05, 0) is 36.1 Å². The van der Waals surface area contributed by atoms with Crippen molar-refractivity contribution in [3.63, 3.8) is 0 Å². The Bertz CT molecular complexity index is 661. The van der Waals surface area contributed by atoms with Crippen LogP contribution in [0, 0.1) is 0 Å². The molecule has 0 aromatic heterocycles. The fourth-order valence-electron chi connectivity index (χ4n) is 2.73. The largest absolute Gasteiger partial charge is 0.495 e. The molecule has 128 valence electrons. The van der Waals surface area contributed by atoms with E-state index in [1.807, 2.05) is 24.3 Å². The van der Waals surface area contributed by atoms with Crippen LogP contribution in [0.4, 0.5) is 11.4 Å². The van der Waals surface area contributed by atoms with Crippen LogP contribution in [0.25, 0.3) is 0 Å². The number of benzene rings is 2. The van der Waals surface area contributed by atoms with Gasteiger partial charge in [-0.1, -0.05) is 44.2 Å². The highest BCUT2D eigenvalue weighted by Crippen LogP contribution is 2.24. The highest BCUT2D eigenvalue weighted by atomic mass is 16.5. The molecule has 0 aliphatic rings. The van der Waals surface area contributed by atoms with Gasteiger partial charge in [0.05, 0.1) is 12.8 Å². The summed E-state index contributed by atoms with van der Waals surface area (Å²) >= 11 is 0. The summed E-state index contributed by atoms with van der Waals surface area (Å²) in [5, 5.41) is 6.34. The van der Waals surface area contributed by atoms with Crippen molar-refractivity contribution in [3.8, 4) is 5.75 Å². The highest BCUT2D eigenvalue weighted by molar-refractivity contribution is 5.92. The molecule has 1 amide bonds. The summed E-state index contributed by atoms with van der Waals surface area (Å²) in [6.45, 7) is 4.90. The number of carbonyl (C=O) groups is 1. The Morgan fingerprint density at radius 2 is 1.67 bits per heavy atom. The molecular weight excluding hydrogens is 300 g/mol. The Morgan fingerprint density at radius 3 is 2.29 bits per heavy atom. The maximum absolute atomic E-state index is 12.2. The first-order valence-corrected chi connectivity index (χ1v) is 8.47. The number of carbonyl (C=O) groups excluding carboxylic acids is 1. The number of amides is 1. The van der Waals surface area contributed by atoms with Gasteiger partial charge < -0.3 is 15.4 Å². The first-order chi connectivity index (χ1) is 11.7. The number of para-hydroxylation sites is 3. The minimum atomic E-state index is -0.0287. The second kappa shape index (κ2) is 8.96. The molecule has 0 spiro atoms. The molecule has 0 fully saturated rings. The van der Waals surface area contributed by atoms with Gasteiger partial charge in [-0.2, -0.15) is 0 Å². The minimum Gasteiger partial charge on any atom is -0.495 e. The molecule has 2 N–H and O–H groups in total. The summed E-state index contributed by atoms with van der Waals surface area (Å²) < 4.78 is 5.25. The second-order valence-electron chi connectivity index (χ2n) is 5.58. The SMILES string of the molecule is CCc1cccc(CC)c1NCCC(=O)Nc1ccccc1OC. The molecule has 0 atom stereocenters. The zero-order valence-corrected chi connectivity index (χ0v) is 14.7. The quantitative estimate of drug-likeness (QED) is 0.762. The van der Waals surface area contributed by atoms with E-state index in [4.69, 9.17) is 4.74 Å². The van der Waals surface area contributed by atoms with Crippen LogP contribution in [-0.4, -0.2) is 19.6 Å². The Labute approximate surface area is 144 Å². The molecule has 0 saturated carbocycles. The second-order valence-corrected chi connectivity index (χ2v) is 5.58. The maximum Gasteiger partial charge on any atom is 0.226 e. The van der Waals surface area contributed by atoms with Crippen molar-refractivity contribution in [2.45, 2.75) is 33.1 Å². The maximum atomic E-state index is 12.2. The van der Waals surface area contributed by atoms with Crippen molar-refractivity contribution in [3.05, 3.63) is 53.6 Å². The van der Waals surface area contributed by atoms with Crippen molar-refractivity contribution in [1.82, 2.24) is 0 Å². The summed E-state index contributed by atoms with van der Waals surface area (Å²) in [7, 11) is 1.60. The highest BCUT2D eigenvalue weighted by Gasteiger charge is 2.09. The van der Waals surface area contributed by atoms with Gasteiger partial charge in [0.25, 0.3) is 0 Å². The monoisotopic (exact) mass is 326 g/mol. The Balaban J connectivity index is 1.94. The number of nitrogens with one attached hydrogen (secondary N) is 2. The van der Waals surface area contributed by atoms with Gasteiger partial charge in [-0.25, -0.2) is 0 Å². The van der Waals surface area contributed by atoms with Crippen LogP contribution in [0.5, 0.6) is 5.75 Å². The van der Waals surface area contributed by atoms with Gasteiger partial charge in [0.15, 0.2) is 0 Å². The molecule has 4 nitrogen and oxygen atoms in total. The number of anilines is 2. The van der Waals surface area contributed by atoms with E-state index in [-0.39, 0.29) is 5.91 Å². The van der Waals surface area contributed by atoms with E-state index >= 15 is 0 Å². The molecular formula is C20H26N2O2. The number of ether oxygens (including phenoxy) is 1. The fourth-order valence-corrected chi connectivity index (χ4v) is 2.73. The number of hydrogen-bond donors (Lipinski definition) is 2. The standard InChI is InChI=1S/C20H26N2O2/c1-4-15-9-8-10-16(5-2)20(15)21-14-13-19(23)22-17-11-6-7-12-18(17)24-3/h6-12,21H,4-5,13-14H2,1-3H3,(H,22,23). The summed E-state index contributed by atoms with van der Waals surface area (Å²) in [5.74, 6) is 0.641. The lowest BCUT2D eigenvalue weighted by molar-refractivity contribution is -0.116. The predicted octanol–water partition coefficient (Wildman–Crippen LogP) is 4.26. The third-order valence-electron chi connectivity index (χ3n) is 4.03. The summed E-state index contributed by atoms with van der Waals surface area (Å²) in [4.78, 5) is 12.2. The van der Waals surface area contributed by atoms with E-state index in [1.54, 1.807) is 7.11 Å². The van der Waals surface area contributed by atoms with E-state index in [1.165, 1.54) is 16.8 Å². The van der Waals surface area contributed by atoms with E-state index < -0.39 is 0 Å². The van der Waals surface area contributed by atoms with Gasteiger partial charge >= 0.3 is 0 Å². The predicted molar refractivity (Wildman–Crippen MR) is 99.9 cm³/mol. The van der Waals surface area contributed by atoms with E-state index in [2.05, 4.69) is 42.7 Å². The Morgan fingerprint density at radius 1 is 1.00 bits per heavy atom. The van der Waals surface area contributed by atoms with Gasteiger partial charge in [-0.15, -0.1) is 0 Å². The molecule has 2 rings (SSSR count). The zero-order chi connectivity index (χ0) is 17.4. The molecule has 2 aromatic rings. The molecule has 2 aromatic carbocycles. The third kappa shape index (κ3) is 4.51. The normalized spacial score (nSPS) is 10.3. The van der Waals surface area contributed by atoms with E-state index in [0.717, 1.165) is 12.8 Å². The van der Waals surface area contributed by atoms with Crippen molar-refractivity contribution in [1.29, 1.82) is 0 Å². The molecule has 0 unspecified atom stereocenters. The number of methoxy groups -OCH3 is 1. The van der Waals surface area contributed by atoms with Crippen LogP contribution in [0.1, 0.15) is 31.4 Å². The molecule has 0 radical (unpaired) electrons. The van der Waals surface area contributed by atoms with Crippen LogP contribution in [0.3, 0.4) is 0 Å². The number of hydrogen-bond acceptors (Lipinski definition) is 3. The smallest absolute Gasteiger partial charge is 0.226 e. The molecule has 0 heterocycles. The lowest BCUT2D eigenvalue weighted by Crippen LogP contribution is -2.17. The number of aryl methyl sites for hydroxylation is 2. The summed E-state index contributed by atoms with van der Waals surface area (Å²) in [6, 6.07) is 13.8. The van der Waals surface area contributed by atoms with Crippen LogP contribution < -0.4 is 15.4 Å². The molecule has 0 bridgehead atoms.